The number of carbonyl (C=O) groups excluding carboxylic acids is 1. The zero-order valence-corrected chi connectivity index (χ0v) is 14.6. The summed E-state index contributed by atoms with van der Waals surface area (Å²) < 4.78 is 13.3. The van der Waals surface area contributed by atoms with Gasteiger partial charge in [0.05, 0.1) is 12.8 Å². The van der Waals surface area contributed by atoms with Gasteiger partial charge in [-0.2, -0.15) is 5.10 Å². The third-order valence-corrected chi connectivity index (χ3v) is 4.70. The van der Waals surface area contributed by atoms with Crippen molar-refractivity contribution in [2.24, 2.45) is 0 Å². The highest BCUT2D eigenvalue weighted by Crippen LogP contribution is 2.31. The first-order valence-electron chi connectivity index (χ1n) is 8.71. The van der Waals surface area contributed by atoms with E-state index in [1.54, 1.807) is 25.3 Å². The van der Waals surface area contributed by atoms with Gasteiger partial charge in [0, 0.05) is 16.8 Å². The number of ether oxygens (including phenoxy) is 2. The smallest absolute Gasteiger partial charge is 0.161 e. The van der Waals surface area contributed by atoms with E-state index in [0.717, 1.165) is 36.9 Å². The van der Waals surface area contributed by atoms with Crippen LogP contribution in [0.15, 0.2) is 48.5 Å². The molecule has 26 heavy (non-hydrogen) atoms. The SMILES string of the molecule is COc1cc(C=O)ccc1OCc1nn(-c2ccccc2)c2c1CCC2. The summed E-state index contributed by atoms with van der Waals surface area (Å²) in [6.07, 6.45) is 4.00. The molecule has 1 aliphatic rings. The van der Waals surface area contributed by atoms with Crippen molar-refractivity contribution in [1.29, 1.82) is 0 Å². The molecule has 0 fully saturated rings. The third-order valence-electron chi connectivity index (χ3n) is 4.70. The molecule has 0 saturated carbocycles. The molecule has 2 aromatic carbocycles. The van der Waals surface area contributed by atoms with E-state index in [9.17, 15) is 4.79 Å². The molecule has 4 rings (SSSR count). The number of rotatable bonds is 6. The quantitative estimate of drug-likeness (QED) is 0.637. The van der Waals surface area contributed by atoms with Gasteiger partial charge in [0.1, 0.15) is 18.6 Å². The van der Waals surface area contributed by atoms with Gasteiger partial charge >= 0.3 is 0 Å². The van der Waals surface area contributed by atoms with E-state index in [-0.39, 0.29) is 0 Å². The van der Waals surface area contributed by atoms with Gasteiger partial charge in [-0.1, -0.05) is 18.2 Å². The van der Waals surface area contributed by atoms with Crippen molar-refractivity contribution in [3.8, 4) is 17.2 Å². The molecule has 0 N–H and O–H groups in total. The lowest BCUT2D eigenvalue weighted by Gasteiger charge is -2.10. The molecular weight excluding hydrogens is 328 g/mol. The number of benzene rings is 2. The molecule has 132 valence electrons. The highest BCUT2D eigenvalue weighted by Gasteiger charge is 2.23. The Morgan fingerprint density at radius 2 is 1.96 bits per heavy atom. The minimum absolute atomic E-state index is 0.374. The average molecular weight is 348 g/mol. The fourth-order valence-corrected chi connectivity index (χ4v) is 3.44. The molecule has 0 spiro atoms. The Labute approximate surface area is 152 Å². The Bertz CT molecular complexity index is 932. The largest absolute Gasteiger partial charge is 0.493 e. The molecule has 0 atom stereocenters. The summed E-state index contributed by atoms with van der Waals surface area (Å²) in [5.41, 5.74) is 5.16. The van der Waals surface area contributed by atoms with Crippen LogP contribution >= 0.6 is 0 Å². The number of hydrogen-bond donors (Lipinski definition) is 0. The first-order valence-corrected chi connectivity index (χ1v) is 8.71. The van der Waals surface area contributed by atoms with Gasteiger partial charge in [0.15, 0.2) is 11.5 Å². The Kier molecular flexibility index (Phi) is 4.44. The summed E-state index contributed by atoms with van der Waals surface area (Å²) >= 11 is 0. The van der Waals surface area contributed by atoms with Gasteiger partial charge in [-0.3, -0.25) is 4.79 Å². The van der Waals surface area contributed by atoms with Crippen molar-refractivity contribution in [2.45, 2.75) is 25.9 Å². The number of methoxy groups -OCH3 is 1. The van der Waals surface area contributed by atoms with E-state index >= 15 is 0 Å². The van der Waals surface area contributed by atoms with Crippen molar-refractivity contribution in [2.75, 3.05) is 7.11 Å². The number of hydrogen-bond acceptors (Lipinski definition) is 4. The van der Waals surface area contributed by atoms with Crippen LogP contribution < -0.4 is 9.47 Å². The highest BCUT2D eigenvalue weighted by molar-refractivity contribution is 5.76. The molecular formula is C21H20N2O3. The number of carbonyl (C=O) groups is 1. The Morgan fingerprint density at radius 1 is 1.12 bits per heavy atom. The number of para-hydroxylation sites is 1. The maximum absolute atomic E-state index is 10.9. The van der Waals surface area contributed by atoms with Crippen LogP contribution in [0.2, 0.25) is 0 Å². The predicted octanol–water partition coefficient (Wildman–Crippen LogP) is 3.76. The van der Waals surface area contributed by atoms with E-state index in [1.807, 2.05) is 22.9 Å². The van der Waals surface area contributed by atoms with E-state index in [4.69, 9.17) is 14.6 Å². The lowest BCUT2D eigenvalue weighted by Crippen LogP contribution is -2.03. The van der Waals surface area contributed by atoms with E-state index in [0.29, 0.717) is 23.7 Å². The van der Waals surface area contributed by atoms with Crippen molar-refractivity contribution in [3.05, 3.63) is 71.0 Å². The lowest BCUT2D eigenvalue weighted by atomic mass is 10.2. The molecule has 5 nitrogen and oxygen atoms in total. The van der Waals surface area contributed by atoms with Gasteiger partial charge < -0.3 is 9.47 Å². The maximum atomic E-state index is 10.9. The zero-order chi connectivity index (χ0) is 17.9. The van der Waals surface area contributed by atoms with Crippen LogP contribution in [-0.2, 0) is 19.4 Å². The van der Waals surface area contributed by atoms with E-state index in [2.05, 4.69) is 12.1 Å². The van der Waals surface area contributed by atoms with Crippen molar-refractivity contribution < 1.29 is 14.3 Å². The molecule has 0 radical (unpaired) electrons. The zero-order valence-electron chi connectivity index (χ0n) is 14.6. The highest BCUT2D eigenvalue weighted by atomic mass is 16.5. The Balaban J connectivity index is 1.61. The molecule has 1 aliphatic carbocycles. The Morgan fingerprint density at radius 3 is 2.73 bits per heavy atom. The van der Waals surface area contributed by atoms with Crippen LogP contribution in [0, 0.1) is 0 Å². The topological polar surface area (TPSA) is 53.4 Å². The van der Waals surface area contributed by atoms with Crippen molar-refractivity contribution >= 4 is 6.29 Å². The second kappa shape index (κ2) is 7.04. The third kappa shape index (κ3) is 2.96. The summed E-state index contributed by atoms with van der Waals surface area (Å²) in [7, 11) is 1.57. The molecule has 0 bridgehead atoms. The summed E-state index contributed by atoms with van der Waals surface area (Å²) in [6, 6.07) is 15.3. The van der Waals surface area contributed by atoms with Crippen LogP contribution in [0.1, 0.15) is 33.7 Å². The second-order valence-electron chi connectivity index (χ2n) is 6.29. The minimum Gasteiger partial charge on any atom is -0.493 e. The van der Waals surface area contributed by atoms with Gasteiger partial charge in [0.25, 0.3) is 0 Å². The Hall–Kier alpha value is -3.08. The molecule has 1 aromatic heterocycles. The molecule has 5 heteroatoms. The normalized spacial score (nSPS) is 12.7. The van der Waals surface area contributed by atoms with Gasteiger partial charge in [-0.15, -0.1) is 0 Å². The summed E-state index contributed by atoms with van der Waals surface area (Å²) in [5, 5.41) is 4.80. The first-order chi connectivity index (χ1) is 12.8. The lowest BCUT2D eigenvalue weighted by molar-refractivity contribution is 0.112. The molecule has 1 heterocycles. The molecule has 0 saturated heterocycles. The fourth-order valence-electron chi connectivity index (χ4n) is 3.44. The number of nitrogens with zero attached hydrogens (tertiary/aromatic N) is 2. The summed E-state index contributed by atoms with van der Waals surface area (Å²) in [6.45, 7) is 0.374. The van der Waals surface area contributed by atoms with Gasteiger partial charge in [-0.05, 0) is 49.6 Å². The predicted molar refractivity (Wildman–Crippen MR) is 98.3 cm³/mol. The van der Waals surface area contributed by atoms with Crippen molar-refractivity contribution in [3.63, 3.8) is 0 Å². The molecule has 0 aliphatic heterocycles. The second-order valence-corrected chi connectivity index (χ2v) is 6.29. The van der Waals surface area contributed by atoms with Crippen LogP contribution in [0.5, 0.6) is 11.5 Å². The fraction of sp³-hybridized carbons (Fsp3) is 0.238. The van der Waals surface area contributed by atoms with Crippen molar-refractivity contribution in [1.82, 2.24) is 9.78 Å². The molecule has 0 unspecified atom stereocenters. The minimum atomic E-state index is 0.374. The molecule has 0 amide bonds. The number of aromatic nitrogens is 2. The van der Waals surface area contributed by atoms with Crippen LogP contribution in [0.25, 0.3) is 5.69 Å². The average Bonchev–Trinajstić information content (AvgIpc) is 3.30. The number of fused-ring (bicyclic) bond motifs is 1. The number of aldehydes is 1. The van der Waals surface area contributed by atoms with E-state index < -0.39 is 0 Å². The summed E-state index contributed by atoms with van der Waals surface area (Å²) in [4.78, 5) is 10.9. The standard InChI is InChI=1S/C21H20N2O3/c1-25-21-12-15(13-24)10-11-20(21)26-14-18-17-8-5-9-19(17)23(22-18)16-6-3-2-4-7-16/h2-4,6-7,10-13H,5,8-9,14H2,1H3. The summed E-state index contributed by atoms with van der Waals surface area (Å²) in [5.74, 6) is 1.16. The van der Waals surface area contributed by atoms with Crippen LogP contribution in [-0.4, -0.2) is 23.2 Å². The maximum Gasteiger partial charge on any atom is 0.161 e. The van der Waals surface area contributed by atoms with Crippen LogP contribution in [0.3, 0.4) is 0 Å². The van der Waals surface area contributed by atoms with Crippen LogP contribution in [0.4, 0.5) is 0 Å². The van der Waals surface area contributed by atoms with E-state index in [1.165, 1.54) is 11.3 Å². The van der Waals surface area contributed by atoms with Gasteiger partial charge in [0.2, 0.25) is 0 Å². The molecule has 3 aromatic rings. The first kappa shape index (κ1) is 16.4. The van der Waals surface area contributed by atoms with Gasteiger partial charge in [-0.25, -0.2) is 4.68 Å². The monoisotopic (exact) mass is 348 g/mol.